The summed E-state index contributed by atoms with van der Waals surface area (Å²) in [6, 6.07) is 19.7. The van der Waals surface area contributed by atoms with E-state index >= 15 is 0 Å². The summed E-state index contributed by atoms with van der Waals surface area (Å²) >= 11 is 0. The number of hydrogen-bond acceptors (Lipinski definition) is 5. The molecule has 0 spiro atoms. The Bertz CT molecular complexity index is 1080. The first-order chi connectivity index (χ1) is 14.5. The number of phenolic OH excluding ortho intramolecular Hbond substituents is 1. The van der Waals surface area contributed by atoms with E-state index in [1.54, 1.807) is 30.3 Å². The Morgan fingerprint density at radius 1 is 0.733 bits per heavy atom. The second-order valence-corrected chi connectivity index (χ2v) is 6.15. The van der Waals surface area contributed by atoms with Crippen LogP contribution < -0.4 is 15.8 Å². The zero-order valence-corrected chi connectivity index (χ0v) is 15.6. The molecule has 0 aromatic heterocycles. The van der Waals surface area contributed by atoms with Crippen LogP contribution in [0.4, 0.5) is 5.69 Å². The van der Waals surface area contributed by atoms with Gasteiger partial charge in [0.25, 0.3) is 17.7 Å². The number of amides is 4. The summed E-state index contributed by atoms with van der Waals surface area (Å²) in [5, 5.41) is 9.40. The summed E-state index contributed by atoms with van der Waals surface area (Å²) in [5.41, 5.74) is 5.51. The fourth-order valence-electron chi connectivity index (χ4n) is 2.62. The molecule has 0 aliphatic heterocycles. The van der Waals surface area contributed by atoms with Crippen LogP contribution in [0.2, 0.25) is 0 Å². The number of nitrogens with zero attached hydrogens (tertiary/aromatic N) is 1. The third-order valence-electron chi connectivity index (χ3n) is 4.15. The number of carbonyl (C=O) groups excluding carboxylic acids is 4. The average molecular weight is 403 g/mol. The second kappa shape index (κ2) is 9.16. The van der Waals surface area contributed by atoms with E-state index in [0.717, 1.165) is 4.90 Å². The largest absolute Gasteiger partial charge is 0.508 e. The van der Waals surface area contributed by atoms with Crippen molar-refractivity contribution in [2.24, 2.45) is 0 Å². The number of carbonyl (C=O) groups is 4. The zero-order chi connectivity index (χ0) is 21.5. The van der Waals surface area contributed by atoms with Crippen molar-refractivity contribution >= 4 is 29.8 Å². The minimum atomic E-state index is -0.601. The Hall–Kier alpha value is -4.46. The van der Waals surface area contributed by atoms with Gasteiger partial charge in [0.15, 0.2) is 0 Å². The van der Waals surface area contributed by atoms with Crippen LogP contribution in [0.1, 0.15) is 31.1 Å². The summed E-state index contributed by atoms with van der Waals surface area (Å²) in [4.78, 5) is 49.1. The lowest BCUT2D eigenvalue weighted by Crippen LogP contribution is -2.41. The normalized spacial score (nSPS) is 10.0. The maximum absolute atomic E-state index is 12.5. The molecule has 150 valence electrons. The van der Waals surface area contributed by atoms with Gasteiger partial charge in [0, 0.05) is 16.7 Å². The molecule has 0 aliphatic rings. The van der Waals surface area contributed by atoms with Crippen LogP contribution in [0.3, 0.4) is 0 Å². The molecule has 0 bridgehead atoms. The van der Waals surface area contributed by atoms with Gasteiger partial charge in [-0.2, -0.15) is 0 Å². The van der Waals surface area contributed by atoms with Crippen molar-refractivity contribution in [3.63, 3.8) is 0 Å². The van der Waals surface area contributed by atoms with Crippen molar-refractivity contribution in [1.29, 1.82) is 0 Å². The first kappa shape index (κ1) is 20.3. The van der Waals surface area contributed by atoms with E-state index in [4.69, 9.17) is 0 Å². The lowest BCUT2D eigenvalue weighted by molar-refractivity contribution is -0.106. The van der Waals surface area contributed by atoms with Gasteiger partial charge in [-0.05, 0) is 54.6 Å². The molecule has 4 amide bonds. The number of hydrogen-bond donors (Lipinski definition) is 3. The molecule has 0 saturated carbocycles. The highest BCUT2D eigenvalue weighted by Crippen LogP contribution is 2.17. The van der Waals surface area contributed by atoms with E-state index in [2.05, 4.69) is 10.9 Å². The number of anilines is 1. The first-order valence-corrected chi connectivity index (χ1v) is 8.83. The number of rotatable bonds is 5. The molecule has 8 nitrogen and oxygen atoms in total. The van der Waals surface area contributed by atoms with Crippen LogP contribution in [0.25, 0.3) is 0 Å². The molecule has 8 heteroatoms. The van der Waals surface area contributed by atoms with Gasteiger partial charge in [0.1, 0.15) is 5.75 Å². The molecular weight excluding hydrogens is 386 g/mol. The zero-order valence-electron chi connectivity index (χ0n) is 15.6. The van der Waals surface area contributed by atoms with Gasteiger partial charge < -0.3 is 5.11 Å². The number of nitrogens with one attached hydrogen (secondary N) is 2. The van der Waals surface area contributed by atoms with Crippen molar-refractivity contribution in [1.82, 2.24) is 10.9 Å². The van der Waals surface area contributed by atoms with Gasteiger partial charge in [-0.25, -0.2) is 4.90 Å². The molecule has 0 unspecified atom stereocenters. The van der Waals surface area contributed by atoms with E-state index in [-0.39, 0.29) is 16.9 Å². The quantitative estimate of drug-likeness (QED) is 0.446. The average Bonchev–Trinajstić information content (AvgIpc) is 2.78. The summed E-state index contributed by atoms with van der Waals surface area (Å²) in [6.45, 7) is 0. The highest BCUT2D eigenvalue weighted by molar-refractivity contribution is 6.15. The monoisotopic (exact) mass is 403 g/mol. The van der Waals surface area contributed by atoms with Crippen molar-refractivity contribution in [2.45, 2.75) is 0 Å². The van der Waals surface area contributed by atoms with Crippen molar-refractivity contribution in [3.8, 4) is 5.75 Å². The van der Waals surface area contributed by atoms with Gasteiger partial charge in [-0.15, -0.1) is 0 Å². The topological polar surface area (TPSA) is 116 Å². The number of phenols is 1. The number of imide groups is 1. The molecule has 0 aliphatic carbocycles. The highest BCUT2D eigenvalue weighted by atomic mass is 16.3. The van der Waals surface area contributed by atoms with E-state index in [1.807, 2.05) is 0 Å². The molecule has 0 radical (unpaired) electrons. The summed E-state index contributed by atoms with van der Waals surface area (Å²) in [7, 11) is 0. The van der Waals surface area contributed by atoms with Gasteiger partial charge in [-0.3, -0.25) is 30.0 Å². The molecule has 0 saturated heterocycles. The third kappa shape index (κ3) is 4.68. The molecule has 0 fully saturated rings. The standard InChI is InChI=1S/C22H17N3O5/c26-14-25(22(30)16-5-2-1-3-6-16)18-11-9-15(10-12-18)20(28)23-24-21(29)17-7-4-8-19(27)13-17/h1-14,27H,(H,23,28)(H,24,29). The SMILES string of the molecule is O=CN(C(=O)c1ccccc1)c1ccc(C(=O)NNC(=O)c2cccc(O)c2)cc1. The molecule has 3 aromatic rings. The molecule has 3 N–H and O–H groups in total. The van der Waals surface area contributed by atoms with Crippen molar-refractivity contribution < 1.29 is 24.3 Å². The Kier molecular flexibility index (Phi) is 6.19. The first-order valence-electron chi connectivity index (χ1n) is 8.83. The molecule has 0 atom stereocenters. The fourth-order valence-corrected chi connectivity index (χ4v) is 2.62. The van der Waals surface area contributed by atoms with Crippen molar-refractivity contribution in [3.05, 3.63) is 95.6 Å². The molecule has 3 rings (SSSR count). The highest BCUT2D eigenvalue weighted by Gasteiger charge is 2.17. The maximum Gasteiger partial charge on any atom is 0.269 e. The van der Waals surface area contributed by atoms with Gasteiger partial charge >= 0.3 is 0 Å². The van der Waals surface area contributed by atoms with Crippen LogP contribution >= 0.6 is 0 Å². The third-order valence-corrected chi connectivity index (χ3v) is 4.15. The Morgan fingerprint density at radius 2 is 1.33 bits per heavy atom. The van der Waals surface area contributed by atoms with Gasteiger partial charge in [-0.1, -0.05) is 24.3 Å². The van der Waals surface area contributed by atoms with Crippen LogP contribution in [0.15, 0.2) is 78.9 Å². The van der Waals surface area contributed by atoms with Gasteiger partial charge in [0.05, 0.1) is 5.69 Å². The Morgan fingerprint density at radius 3 is 1.93 bits per heavy atom. The Labute approximate surface area is 171 Å². The lowest BCUT2D eigenvalue weighted by atomic mass is 10.1. The maximum atomic E-state index is 12.5. The predicted molar refractivity (Wildman–Crippen MR) is 109 cm³/mol. The number of aromatic hydroxyl groups is 1. The summed E-state index contributed by atoms with van der Waals surface area (Å²) < 4.78 is 0. The van der Waals surface area contributed by atoms with Crippen LogP contribution in [-0.4, -0.2) is 29.2 Å². The smallest absolute Gasteiger partial charge is 0.269 e. The van der Waals surface area contributed by atoms with Crippen LogP contribution in [0, 0.1) is 0 Å². The van der Waals surface area contributed by atoms with Gasteiger partial charge in [0.2, 0.25) is 6.41 Å². The van der Waals surface area contributed by atoms with E-state index in [9.17, 15) is 24.3 Å². The minimum absolute atomic E-state index is 0.0747. The van der Waals surface area contributed by atoms with E-state index < -0.39 is 17.7 Å². The fraction of sp³-hybridized carbons (Fsp3) is 0. The molecule has 0 heterocycles. The summed E-state index contributed by atoms with van der Waals surface area (Å²) in [5.74, 6) is -1.77. The predicted octanol–water partition coefficient (Wildman–Crippen LogP) is 2.27. The van der Waals surface area contributed by atoms with Crippen molar-refractivity contribution in [2.75, 3.05) is 4.90 Å². The van der Waals surface area contributed by atoms with E-state index in [0.29, 0.717) is 17.7 Å². The Balaban J connectivity index is 1.65. The minimum Gasteiger partial charge on any atom is -0.508 e. The molecule has 3 aromatic carbocycles. The second-order valence-electron chi connectivity index (χ2n) is 6.15. The summed E-state index contributed by atoms with van der Waals surface area (Å²) in [6.07, 6.45) is 0.403. The van der Waals surface area contributed by atoms with Crippen LogP contribution in [-0.2, 0) is 4.79 Å². The lowest BCUT2D eigenvalue weighted by Gasteiger charge is -2.16. The molecule has 30 heavy (non-hydrogen) atoms. The van der Waals surface area contributed by atoms with E-state index in [1.165, 1.54) is 48.5 Å². The number of benzene rings is 3. The van der Waals surface area contributed by atoms with Crippen LogP contribution in [0.5, 0.6) is 5.75 Å². The molecular formula is C22H17N3O5. The number of hydrazine groups is 1.